The molecule has 1 heterocycles. The fourth-order valence-corrected chi connectivity index (χ4v) is 2.26. The minimum absolute atomic E-state index is 0.111. The second-order valence-corrected chi connectivity index (χ2v) is 4.83. The summed E-state index contributed by atoms with van der Waals surface area (Å²) in [4.78, 5) is 2.19. The molecule has 1 aromatic rings. The molecule has 2 rings (SSSR count). The molecule has 98 valence electrons. The fraction of sp³-hybridized carbons (Fsp3) is 0.500. The number of nitrogens with zero attached hydrogens (tertiary/aromatic N) is 1. The average molecular weight is 247 g/mol. The molecule has 1 atom stereocenters. The first-order chi connectivity index (χ1) is 8.66. The molecule has 1 aromatic carbocycles. The van der Waals surface area contributed by atoms with E-state index in [0.717, 1.165) is 30.8 Å². The number of nitrogens with one attached hydrogen (secondary N) is 1. The highest BCUT2D eigenvalue weighted by atomic mass is 16.5. The van der Waals surface area contributed by atoms with Crippen LogP contribution >= 0.6 is 0 Å². The maximum atomic E-state index is 7.36. The van der Waals surface area contributed by atoms with Crippen LogP contribution in [0.25, 0.3) is 0 Å². The van der Waals surface area contributed by atoms with Crippen molar-refractivity contribution in [3.8, 4) is 0 Å². The van der Waals surface area contributed by atoms with Crippen LogP contribution in [0, 0.1) is 5.41 Å². The van der Waals surface area contributed by atoms with Gasteiger partial charge in [0, 0.05) is 31.5 Å². The number of nitrogen functional groups attached to an aromatic ring is 1. The monoisotopic (exact) mass is 247 g/mol. The zero-order valence-electron chi connectivity index (χ0n) is 10.9. The van der Waals surface area contributed by atoms with E-state index in [9.17, 15) is 0 Å². The number of hydrogen-bond donors (Lipinski definition) is 2. The standard InChI is InChI=1S/C14H21N3O/c1-17(10-13-4-2-3-9-18-13)12-7-5-11(6-8-12)14(15)16/h5-8,13H,2-4,9-10H2,1H3,(H3,15,16). The van der Waals surface area contributed by atoms with Crippen molar-refractivity contribution in [3.63, 3.8) is 0 Å². The maximum absolute atomic E-state index is 7.36. The zero-order valence-corrected chi connectivity index (χ0v) is 10.9. The van der Waals surface area contributed by atoms with Gasteiger partial charge < -0.3 is 15.4 Å². The Morgan fingerprint density at radius 1 is 1.39 bits per heavy atom. The first kappa shape index (κ1) is 12.9. The molecule has 3 N–H and O–H groups in total. The Hall–Kier alpha value is -1.55. The topological polar surface area (TPSA) is 62.3 Å². The lowest BCUT2D eigenvalue weighted by molar-refractivity contribution is 0.0216. The van der Waals surface area contributed by atoms with Crippen molar-refractivity contribution in [2.24, 2.45) is 5.73 Å². The summed E-state index contributed by atoms with van der Waals surface area (Å²) in [5.41, 5.74) is 7.34. The van der Waals surface area contributed by atoms with Crippen LogP contribution in [-0.4, -0.2) is 32.1 Å². The number of likely N-dealkylation sites (N-methyl/N-ethyl adjacent to an activating group) is 1. The number of ether oxygens (including phenoxy) is 1. The second-order valence-electron chi connectivity index (χ2n) is 4.83. The van der Waals surface area contributed by atoms with Crippen molar-refractivity contribution in [2.45, 2.75) is 25.4 Å². The Kier molecular flexibility index (Phi) is 4.20. The molecule has 0 aromatic heterocycles. The van der Waals surface area contributed by atoms with Crippen LogP contribution in [0.5, 0.6) is 0 Å². The third kappa shape index (κ3) is 3.23. The normalized spacial score (nSPS) is 19.5. The highest BCUT2D eigenvalue weighted by Crippen LogP contribution is 2.18. The minimum Gasteiger partial charge on any atom is -0.384 e. The highest BCUT2D eigenvalue weighted by Gasteiger charge is 2.16. The van der Waals surface area contributed by atoms with Gasteiger partial charge in [0.1, 0.15) is 5.84 Å². The lowest BCUT2D eigenvalue weighted by atomic mass is 10.1. The predicted molar refractivity (Wildman–Crippen MR) is 74.3 cm³/mol. The SMILES string of the molecule is CN(CC1CCCCO1)c1ccc(C(=N)N)cc1. The van der Waals surface area contributed by atoms with Crippen LogP contribution in [0.15, 0.2) is 24.3 Å². The van der Waals surface area contributed by atoms with Gasteiger partial charge >= 0.3 is 0 Å². The third-order valence-corrected chi connectivity index (χ3v) is 3.37. The average Bonchev–Trinajstić information content (AvgIpc) is 2.40. The van der Waals surface area contributed by atoms with Crippen molar-refractivity contribution in [1.82, 2.24) is 0 Å². The first-order valence-corrected chi connectivity index (χ1v) is 6.44. The van der Waals surface area contributed by atoms with Crippen molar-refractivity contribution >= 4 is 11.5 Å². The lowest BCUT2D eigenvalue weighted by Crippen LogP contribution is -2.33. The molecule has 1 unspecified atom stereocenters. The molecule has 1 aliphatic heterocycles. The van der Waals surface area contributed by atoms with E-state index in [4.69, 9.17) is 15.9 Å². The smallest absolute Gasteiger partial charge is 0.122 e. The summed E-state index contributed by atoms with van der Waals surface area (Å²) in [7, 11) is 2.07. The summed E-state index contributed by atoms with van der Waals surface area (Å²) in [5, 5.41) is 7.36. The Morgan fingerprint density at radius 3 is 2.67 bits per heavy atom. The van der Waals surface area contributed by atoms with Crippen LogP contribution in [-0.2, 0) is 4.74 Å². The number of amidine groups is 1. The molecule has 0 aliphatic carbocycles. The number of anilines is 1. The summed E-state index contributed by atoms with van der Waals surface area (Å²) in [6.07, 6.45) is 3.95. The van der Waals surface area contributed by atoms with Gasteiger partial charge in [-0.25, -0.2) is 0 Å². The van der Waals surface area contributed by atoms with Gasteiger partial charge in [0.15, 0.2) is 0 Å². The molecule has 0 amide bonds. The molecular weight excluding hydrogens is 226 g/mol. The summed E-state index contributed by atoms with van der Waals surface area (Å²) in [6.45, 7) is 1.81. The quantitative estimate of drug-likeness (QED) is 0.631. The van der Waals surface area contributed by atoms with Gasteiger partial charge in [-0.05, 0) is 43.5 Å². The summed E-state index contributed by atoms with van der Waals surface area (Å²) in [5.74, 6) is 0.111. The fourth-order valence-electron chi connectivity index (χ4n) is 2.26. The van der Waals surface area contributed by atoms with Gasteiger partial charge in [0.25, 0.3) is 0 Å². The maximum Gasteiger partial charge on any atom is 0.122 e. The number of rotatable bonds is 4. The Morgan fingerprint density at radius 2 is 2.11 bits per heavy atom. The van der Waals surface area contributed by atoms with Crippen LogP contribution < -0.4 is 10.6 Å². The third-order valence-electron chi connectivity index (χ3n) is 3.37. The number of hydrogen-bond acceptors (Lipinski definition) is 3. The van der Waals surface area contributed by atoms with Crippen molar-refractivity contribution in [3.05, 3.63) is 29.8 Å². The molecule has 1 saturated heterocycles. The number of benzene rings is 1. The van der Waals surface area contributed by atoms with E-state index in [2.05, 4.69) is 11.9 Å². The van der Waals surface area contributed by atoms with E-state index in [0.29, 0.717) is 6.10 Å². The molecule has 0 spiro atoms. The molecule has 18 heavy (non-hydrogen) atoms. The van der Waals surface area contributed by atoms with E-state index in [1.54, 1.807) is 0 Å². The van der Waals surface area contributed by atoms with Crippen LogP contribution in [0.3, 0.4) is 0 Å². The molecule has 0 saturated carbocycles. The van der Waals surface area contributed by atoms with Gasteiger partial charge in [-0.1, -0.05) is 0 Å². The Bertz CT molecular complexity index is 396. The molecular formula is C14H21N3O. The van der Waals surface area contributed by atoms with Crippen molar-refractivity contribution in [1.29, 1.82) is 5.41 Å². The first-order valence-electron chi connectivity index (χ1n) is 6.44. The second kappa shape index (κ2) is 5.87. The Labute approximate surface area is 108 Å². The molecule has 4 heteroatoms. The largest absolute Gasteiger partial charge is 0.384 e. The zero-order chi connectivity index (χ0) is 13.0. The lowest BCUT2D eigenvalue weighted by Gasteiger charge is -2.28. The summed E-state index contributed by atoms with van der Waals surface area (Å²) in [6, 6.07) is 7.77. The summed E-state index contributed by atoms with van der Waals surface area (Å²) >= 11 is 0. The predicted octanol–water partition coefficient (Wildman–Crippen LogP) is 1.98. The van der Waals surface area contributed by atoms with Crippen molar-refractivity contribution < 1.29 is 4.74 Å². The molecule has 0 bridgehead atoms. The van der Waals surface area contributed by atoms with Gasteiger partial charge in [-0.15, -0.1) is 0 Å². The summed E-state index contributed by atoms with van der Waals surface area (Å²) < 4.78 is 5.74. The molecule has 1 aliphatic rings. The van der Waals surface area contributed by atoms with Gasteiger partial charge in [0.2, 0.25) is 0 Å². The highest BCUT2D eigenvalue weighted by molar-refractivity contribution is 5.95. The molecule has 4 nitrogen and oxygen atoms in total. The van der Waals surface area contributed by atoms with Crippen LogP contribution in [0.1, 0.15) is 24.8 Å². The van der Waals surface area contributed by atoms with Gasteiger partial charge in [0.05, 0.1) is 6.10 Å². The van der Waals surface area contributed by atoms with Crippen LogP contribution in [0.2, 0.25) is 0 Å². The van der Waals surface area contributed by atoms with Crippen LogP contribution in [0.4, 0.5) is 5.69 Å². The van der Waals surface area contributed by atoms with E-state index in [1.165, 1.54) is 12.8 Å². The van der Waals surface area contributed by atoms with Gasteiger partial charge in [-0.2, -0.15) is 0 Å². The number of nitrogens with two attached hydrogens (primary N) is 1. The van der Waals surface area contributed by atoms with E-state index >= 15 is 0 Å². The van der Waals surface area contributed by atoms with E-state index < -0.39 is 0 Å². The molecule has 1 fully saturated rings. The molecule has 0 radical (unpaired) electrons. The Balaban J connectivity index is 1.95. The minimum atomic E-state index is 0.111. The van der Waals surface area contributed by atoms with Crippen molar-refractivity contribution in [2.75, 3.05) is 25.1 Å². The van der Waals surface area contributed by atoms with E-state index in [1.807, 2.05) is 24.3 Å². The van der Waals surface area contributed by atoms with Gasteiger partial charge in [-0.3, -0.25) is 5.41 Å². The van der Waals surface area contributed by atoms with E-state index in [-0.39, 0.29) is 5.84 Å².